The van der Waals surface area contributed by atoms with Crippen molar-refractivity contribution in [3.8, 4) is 22.3 Å². The largest absolute Gasteiger partial charge is 0.457 e. The SMILES string of the molecule is NC(=NCc1coc(-c2cccs2)n1)Nc1cccc(Oc2ccccc2)c1. The Morgan fingerprint density at radius 3 is 2.75 bits per heavy atom. The zero-order chi connectivity index (χ0) is 19.2. The molecule has 0 unspecified atom stereocenters. The quantitative estimate of drug-likeness (QED) is 0.352. The summed E-state index contributed by atoms with van der Waals surface area (Å²) in [5, 5.41) is 5.05. The molecule has 3 N–H and O–H groups in total. The van der Waals surface area contributed by atoms with Crippen molar-refractivity contribution in [2.45, 2.75) is 6.54 Å². The fourth-order valence-corrected chi connectivity index (χ4v) is 3.16. The Kier molecular flexibility index (Phi) is 5.35. The molecule has 28 heavy (non-hydrogen) atoms. The van der Waals surface area contributed by atoms with Crippen LogP contribution in [-0.2, 0) is 6.54 Å². The van der Waals surface area contributed by atoms with Gasteiger partial charge in [-0.05, 0) is 35.7 Å². The first-order chi connectivity index (χ1) is 13.8. The molecule has 2 aromatic heterocycles. The van der Waals surface area contributed by atoms with Crippen LogP contribution in [0, 0.1) is 0 Å². The van der Waals surface area contributed by atoms with Gasteiger partial charge in [-0.3, -0.25) is 0 Å². The maximum Gasteiger partial charge on any atom is 0.236 e. The number of ether oxygens (including phenoxy) is 1. The fraction of sp³-hybridized carbons (Fsp3) is 0.0476. The van der Waals surface area contributed by atoms with Gasteiger partial charge in [0.1, 0.15) is 23.5 Å². The van der Waals surface area contributed by atoms with Crippen LogP contribution in [0.5, 0.6) is 11.5 Å². The van der Waals surface area contributed by atoms with Crippen molar-refractivity contribution in [1.82, 2.24) is 4.98 Å². The second-order valence-electron chi connectivity index (χ2n) is 5.89. The minimum atomic E-state index is 0.289. The third-order valence-corrected chi connectivity index (χ3v) is 4.64. The smallest absolute Gasteiger partial charge is 0.236 e. The average Bonchev–Trinajstić information content (AvgIpc) is 3.39. The highest BCUT2D eigenvalue weighted by molar-refractivity contribution is 7.13. The number of oxazole rings is 1. The van der Waals surface area contributed by atoms with Gasteiger partial charge in [0.2, 0.25) is 5.89 Å². The summed E-state index contributed by atoms with van der Waals surface area (Å²) >= 11 is 1.58. The third-order valence-electron chi connectivity index (χ3n) is 3.78. The highest BCUT2D eigenvalue weighted by Crippen LogP contribution is 2.25. The monoisotopic (exact) mass is 390 g/mol. The summed E-state index contributed by atoms with van der Waals surface area (Å²) in [6.45, 7) is 0.327. The van der Waals surface area contributed by atoms with E-state index in [0.29, 0.717) is 23.9 Å². The summed E-state index contributed by atoms with van der Waals surface area (Å²) in [5.41, 5.74) is 7.50. The van der Waals surface area contributed by atoms with Crippen molar-refractivity contribution in [1.29, 1.82) is 0 Å². The Hall–Kier alpha value is -3.58. The van der Waals surface area contributed by atoms with E-state index in [2.05, 4.69) is 15.3 Å². The molecule has 6 nitrogen and oxygen atoms in total. The number of hydrogen-bond acceptors (Lipinski definition) is 5. The van der Waals surface area contributed by atoms with E-state index in [4.69, 9.17) is 14.9 Å². The number of thiophene rings is 1. The van der Waals surface area contributed by atoms with Crippen molar-refractivity contribution in [2.24, 2.45) is 10.7 Å². The standard InChI is InChI=1S/C21H18N4O2S/c22-21(23-13-16-14-26-20(24-16)19-10-5-11-28-19)25-15-6-4-9-18(12-15)27-17-7-2-1-3-8-17/h1-12,14H,13H2,(H3,22,23,25). The van der Waals surface area contributed by atoms with Gasteiger partial charge in [0.15, 0.2) is 5.96 Å². The van der Waals surface area contributed by atoms with Crippen LogP contribution < -0.4 is 15.8 Å². The summed E-state index contributed by atoms with van der Waals surface area (Å²) in [5.74, 6) is 2.37. The molecule has 0 spiro atoms. The Balaban J connectivity index is 1.38. The normalized spacial score (nSPS) is 11.4. The minimum absolute atomic E-state index is 0.289. The van der Waals surface area contributed by atoms with Gasteiger partial charge in [-0.25, -0.2) is 9.98 Å². The number of benzene rings is 2. The van der Waals surface area contributed by atoms with Crippen LogP contribution in [0.1, 0.15) is 5.69 Å². The predicted octanol–water partition coefficient (Wildman–Crippen LogP) is 5.12. The third kappa shape index (κ3) is 4.57. The van der Waals surface area contributed by atoms with Crippen LogP contribution in [0.4, 0.5) is 5.69 Å². The number of guanidine groups is 1. The van der Waals surface area contributed by atoms with Crippen molar-refractivity contribution >= 4 is 23.0 Å². The number of aliphatic imine (C=N–C) groups is 1. The zero-order valence-corrected chi connectivity index (χ0v) is 15.7. The number of hydrogen-bond donors (Lipinski definition) is 2. The van der Waals surface area contributed by atoms with E-state index in [1.54, 1.807) is 17.6 Å². The van der Waals surface area contributed by atoms with Crippen molar-refractivity contribution in [2.75, 3.05) is 5.32 Å². The van der Waals surface area contributed by atoms with Crippen LogP contribution in [0.2, 0.25) is 0 Å². The lowest BCUT2D eigenvalue weighted by Crippen LogP contribution is -2.22. The Labute approximate surface area is 166 Å². The Bertz CT molecular complexity index is 1060. The van der Waals surface area contributed by atoms with Crippen LogP contribution >= 0.6 is 11.3 Å². The van der Waals surface area contributed by atoms with E-state index in [-0.39, 0.29) is 5.96 Å². The molecule has 0 aliphatic rings. The Morgan fingerprint density at radius 1 is 1.07 bits per heavy atom. The number of nitrogens with two attached hydrogens (primary N) is 1. The second-order valence-corrected chi connectivity index (χ2v) is 6.84. The highest BCUT2D eigenvalue weighted by Gasteiger charge is 2.07. The van der Waals surface area contributed by atoms with Crippen LogP contribution in [0.15, 0.2) is 87.8 Å². The molecule has 4 aromatic rings. The molecular weight excluding hydrogens is 372 g/mol. The number of rotatable bonds is 6. The summed E-state index contributed by atoms with van der Waals surface area (Å²) in [4.78, 5) is 9.73. The lowest BCUT2D eigenvalue weighted by atomic mass is 10.3. The van der Waals surface area contributed by atoms with Gasteiger partial charge in [-0.2, -0.15) is 0 Å². The molecule has 0 atom stereocenters. The minimum Gasteiger partial charge on any atom is -0.457 e. The number of nitrogens with zero attached hydrogens (tertiary/aromatic N) is 2. The highest BCUT2D eigenvalue weighted by atomic mass is 32.1. The van der Waals surface area contributed by atoms with Gasteiger partial charge in [0.05, 0.1) is 11.4 Å². The number of aromatic nitrogens is 1. The summed E-state index contributed by atoms with van der Waals surface area (Å²) in [6, 6.07) is 21.0. The Morgan fingerprint density at radius 2 is 1.93 bits per heavy atom. The van der Waals surface area contributed by atoms with Crippen LogP contribution in [-0.4, -0.2) is 10.9 Å². The molecule has 0 radical (unpaired) electrons. The predicted molar refractivity (Wildman–Crippen MR) is 112 cm³/mol. The van der Waals surface area contributed by atoms with Gasteiger partial charge < -0.3 is 20.2 Å². The van der Waals surface area contributed by atoms with E-state index >= 15 is 0 Å². The molecule has 2 heterocycles. The maximum absolute atomic E-state index is 6.00. The molecule has 0 saturated carbocycles. The molecule has 0 saturated heterocycles. The van der Waals surface area contributed by atoms with E-state index in [9.17, 15) is 0 Å². The van der Waals surface area contributed by atoms with E-state index in [0.717, 1.165) is 16.3 Å². The lowest BCUT2D eigenvalue weighted by molar-refractivity contribution is 0.483. The molecule has 0 aliphatic heterocycles. The molecule has 0 aliphatic carbocycles. The van der Waals surface area contributed by atoms with Crippen molar-refractivity contribution in [3.05, 3.63) is 84.1 Å². The number of nitrogens with one attached hydrogen (secondary N) is 1. The number of para-hydroxylation sites is 1. The molecule has 7 heteroatoms. The fourth-order valence-electron chi connectivity index (χ4n) is 2.51. The first-order valence-corrected chi connectivity index (χ1v) is 9.52. The number of anilines is 1. The van der Waals surface area contributed by atoms with E-state index in [1.165, 1.54) is 0 Å². The van der Waals surface area contributed by atoms with Gasteiger partial charge in [0, 0.05) is 11.8 Å². The average molecular weight is 390 g/mol. The molecule has 0 fully saturated rings. The molecule has 140 valence electrons. The summed E-state index contributed by atoms with van der Waals surface area (Å²) in [7, 11) is 0. The van der Waals surface area contributed by atoms with Crippen molar-refractivity contribution < 1.29 is 9.15 Å². The van der Waals surface area contributed by atoms with Gasteiger partial charge in [-0.1, -0.05) is 30.3 Å². The molecule has 0 amide bonds. The van der Waals surface area contributed by atoms with E-state index < -0.39 is 0 Å². The second kappa shape index (κ2) is 8.41. The summed E-state index contributed by atoms with van der Waals surface area (Å²) in [6.07, 6.45) is 1.60. The van der Waals surface area contributed by atoms with E-state index in [1.807, 2.05) is 72.1 Å². The van der Waals surface area contributed by atoms with Crippen LogP contribution in [0.25, 0.3) is 10.8 Å². The van der Waals surface area contributed by atoms with Gasteiger partial charge in [-0.15, -0.1) is 11.3 Å². The molecule has 2 aromatic carbocycles. The van der Waals surface area contributed by atoms with Crippen LogP contribution in [0.3, 0.4) is 0 Å². The lowest BCUT2D eigenvalue weighted by Gasteiger charge is -2.09. The van der Waals surface area contributed by atoms with Gasteiger partial charge in [0.25, 0.3) is 0 Å². The maximum atomic E-state index is 6.00. The van der Waals surface area contributed by atoms with Crippen molar-refractivity contribution in [3.63, 3.8) is 0 Å². The first-order valence-electron chi connectivity index (χ1n) is 8.64. The molecule has 4 rings (SSSR count). The zero-order valence-electron chi connectivity index (χ0n) is 14.9. The molecular formula is C21H18N4O2S. The first kappa shape index (κ1) is 17.8. The van der Waals surface area contributed by atoms with Gasteiger partial charge >= 0.3 is 0 Å². The molecule has 0 bridgehead atoms. The topological polar surface area (TPSA) is 85.7 Å². The summed E-state index contributed by atoms with van der Waals surface area (Å²) < 4.78 is 11.3.